The van der Waals surface area contributed by atoms with Gasteiger partial charge in [0.1, 0.15) is 17.9 Å². The van der Waals surface area contributed by atoms with Crippen LogP contribution in [-0.2, 0) is 22.4 Å². The molecule has 1 fully saturated rings. The summed E-state index contributed by atoms with van der Waals surface area (Å²) in [6.45, 7) is 5.67. The lowest BCUT2D eigenvalue weighted by molar-refractivity contribution is -0.0173. The van der Waals surface area contributed by atoms with Crippen molar-refractivity contribution < 1.29 is 14.3 Å². The SMILES string of the molecule is CCc1c(NC(=O)OC2CN(CCOC)C2)cn2ncnc(Nc3ccc4c(cnn4Cc4ccccc4)c3)c12. The third kappa shape index (κ3) is 5.33. The highest BCUT2D eigenvalue weighted by Gasteiger charge is 2.30. The van der Waals surface area contributed by atoms with Crippen LogP contribution in [0, 0.1) is 0 Å². The molecule has 206 valence electrons. The van der Waals surface area contributed by atoms with Crippen molar-refractivity contribution in [1.82, 2.24) is 29.3 Å². The van der Waals surface area contributed by atoms with E-state index in [1.807, 2.05) is 42.1 Å². The van der Waals surface area contributed by atoms with E-state index in [-0.39, 0.29) is 6.10 Å². The summed E-state index contributed by atoms with van der Waals surface area (Å²) in [6, 6.07) is 16.4. The first kappa shape index (κ1) is 25.8. The summed E-state index contributed by atoms with van der Waals surface area (Å²) < 4.78 is 14.4. The molecule has 0 aliphatic carbocycles. The molecule has 0 atom stereocenters. The topological polar surface area (TPSA) is 111 Å². The van der Waals surface area contributed by atoms with Crippen molar-refractivity contribution in [2.45, 2.75) is 26.0 Å². The summed E-state index contributed by atoms with van der Waals surface area (Å²) in [5.74, 6) is 0.650. The van der Waals surface area contributed by atoms with Crippen LogP contribution in [0.1, 0.15) is 18.1 Å². The van der Waals surface area contributed by atoms with Gasteiger partial charge in [0, 0.05) is 43.4 Å². The van der Waals surface area contributed by atoms with Gasteiger partial charge in [-0.1, -0.05) is 37.3 Å². The van der Waals surface area contributed by atoms with E-state index in [4.69, 9.17) is 9.47 Å². The fraction of sp³-hybridized carbons (Fsp3) is 0.310. The molecular weight excluding hydrogens is 508 g/mol. The van der Waals surface area contributed by atoms with Gasteiger partial charge >= 0.3 is 6.09 Å². The number of nitrogens with one attached hydrogen (secondary N) is 2. The monoisotopic (exact) mass is 540 g/mol. The second kappa shape index (κ2) is 11.3. The minimum atomic E-state index is -0.470. The van der Waals surface area contributed by atoms with Crippen molar-refractivity contribution in [3.63, 3.8) is 0 Å². The van der Waals surface area contributed by atoms with Gasteiger partial charge in [0.05, 0.1) is 36.7 Å². The van der Waals surface area contributed by atoms with Crippen molar-refractivity contribution in [2.24, 2.45) is 0 Å². The molecule has 0 radical (unpaired) electrons. The Labute approximate surface area is 231 Å². The van der Waals surface area contributed by atoms with E-state index in [2.05, 4.69) is 55.0 Å². The summed E-state index contributed by atoms with van der Waals surface area (Å²) in [6.07, 6.45) is 5.25. The average molecular weight is 541 g/mol. The molecule has 1 aliphatic rings. The van der Waals surface area contributed by atoms with E-state index < -0.39 is 6.09 Å². The largest absolute Gasteiger partial charge is 0.443 e. The number of benzene rings is 2. The molecule has 6 rings (SSSR count). The molecule has 2 aromatic carbocycles. The molecule has 2 N–H and O–H groups in total. The zero-order valence-electron chi connectivity index (χ0n) is 22.6. The summed E-state index contributed by atoms with van der Waals surface area (Å²) in [7, 11) is 1.68. The maximum absolute atomic E-state index is 12.7. The normalized spacial score (nSPS) is 13.9. The average Bonchev–Trinajstić information content (AvgIpc) is 3.51. The Hall–Kier alpha value is -4.48. The fourth-order valence-electron chi connectivity index (χ4n) is 5.11. The van der Waals surface area contributed by atoms with Crippen LogP contribution in [-0.4, -0.2) is 74.8 Å². The molecule has 11 nitrogen and oxygen atoms in total. The molecular formula is C29H32N8O3. The van der Waals surface area contributed by atoms with Crippen molar-refractivity contribution in [3.05, 3.63) is 78.4 Å². The van der Waals surface area contributed by atoms with Gasteiger partial charge in [-0.15, -0.1) is 0 Å². The van der Waals surface area contributed by atoms with Crippen LogP contribution in [0.2, 0.25) is 0 Å². The number of likely N-dealkylation sites (tertiary alicyclic amines) is 1. The molecule has 40 heavy (non-hydrogen) atoms. The van der Waals surface area contributed by atoms with Crippen LogP contribution in [0.25, 0.3) is 16.4 Å². The van der Waals surface area contributed by atoms with Crippen LogP contribution in [0.4, 0.5) is 22.0 Å². The fourth-order valence-corrected chi connectivity index (χ4v) is 5.11. The third-order valence-electron chi connectivity index (χ3n) is 7.16. The highest BCUT2D eigenvalue weighted by molar-refractivity contribution is 5.91. The Bertz CT molecular complexity index is 1620. The number of carbonyl (C=O) groups excluding carboxylic acids is 1. The number of fused-ring (bicyclic) bond motifs is 2. The van der Waals surface area contributed by atoms with Crippen LogP contribution in [0.15, 0.2) is 67.3 Å². The molecule has 1 amide bonds. The lowest BCUT2D eigenvalue weighted by Gasteiger charge is -2.38. The number of hydrogen-bond acceptors (Lipinski definition) is 8. The smallest absolute Gasteiger partial charge is 0.412 e. The van der Waals surface area contributed by atoms with Crippen molar-refractivity contribution in [3.8, 4) is 0 Å². The molecule has 1 aliphatic heterocycles. The maximum Gasteiger partial charge on any atom is 0.412 e. The zero-order valence-corrected chi connectivity index (χ0v) is 22.6. The number of nitrogens with zero attached hydrogens (tertiary/aromatic N) is 6. The van der Waals surface area contributed by atoms with Gasteiger partial charge < -0.3 is 14.8 Å². The number of aromatic nitrogens is 5. The van der Waals surface area contributed by atoms with E-state index in [9.17, 15) is 4.79 Å². The molecule has 4 heterocycles. The predicted molar refractivity (Wildman–Crippen MR) is 153 cm³/mol. The van der Waals surface area contributed by atoms with Gasteiger partial charge in [-0.25, -0.2) is 14.3 Å². The highest BCUT2D eigenvalue weighted by atomic mass is 16.6. The molecule has 0 unspecified atom stereocenters. The summed E-state index contributed by atoms with van der Waals surface area (Å²) in [4.78, 5) is 19.4. The first-order valence-corrected chi connectivity index (χ1v) is 13.4. The van der Waals surface area contributed by atoms with E-state index in [1.165, 1.54) is 11.9 Å². The second-order valence-electron chi connectivity index (χ2n) is 9.87. The highest BCUT2D eigenvalue weighted by Crippen LogP contribution is 2.31. The van der Waals surface area contributed by atoms with Crippen LogP contribution in [0.5, 0.6) is 0 Å². The van der Waals surface area contributed by atoms with Crippen LogP contribution < -0.4 is 10.6 Å². The Balaban J connectivity index is 1.18. The summed E-state index contributed by atoms with van der Waals surface area (Å²) >= 11 is 0. The van der Waals surface area contributed by atoms with Gasteiger partial charge in [-0.2, -0.15) is 10.2 Å². The molecule has 5 aromatic rings. The first-order chi connectivity index (χ1) is 19.6. The number of carbonyl (C=O) groups is 1. The molecule has 0 bridgehead atoms. The van der Waals surface area contributed by atoms with Gasteiger partial charge in [0.2, 0.25) is 0 Å². The number of rotatable bonds is 10. The lowest BCUT2D eigenvalue weighted by Crippen LogP contribution is -2.54. The quantitative estimate of drug-likeness (QED) is 0.270. The number of aryl methyl sites for hydroxylation is 1. The zero-order chi connectivity index (χ0) is 27.5. The molecule has 0 spiro atoms. The van der Waals surface area contributed by atoms with Gasteiger partial charge in [-0.3, -0.25) is 14.9 Å². The number of ether oxygens (including phenoxy) is 2. The number of hydrogen-bond donors (Lipinski definition) is 2. The van der Waals surface area contributed by atoms with Crippen LogP contribution >= 0.6 is 0 Å². The van der Waals surface area contributed by atoms with E-state index >= 15 is 0 Å². The second-order valence-corrected chi connectivity index (χ2v) is 9.87. The Morgan fingerprint density at radius 1 is 1.12 bits per heavy atom. The minimum Gasteiger partial charge on any atom is -0.443 e. The minimum absolute atomic E-state index is 0.122. The van der Waals surface area contributed by atoms with Crippen LogP contribution in [0.3, 0.4) is 0 Å². The van der Waals surface area contributed by atoms with E-state index in [0.29, 0.717) is 44.2 Å². The molecule has 3 aromatic heterocycles. The first-order valence-electron chi connectivity index (χ1n) is 13.4. The van der Waals surface area contributed by atoms with Crippen molar-refractivity contribution >= 4 is 39.7 Å². The maximum atomic E-state index is 12.7. The Morgan fingerprint density at radius 3 is 2.77 bits per heavy atom. The number of amides is 1. The van der Waals surface area contributed by atoms with Crippen molar-refractivity contribution in [2.75, 3.05) is 44.0 Å². The molecule has 1 saturated heterocycles. The number of methoxy groups -OCH3 is 1. The third-order valence-corrected chi connectivity index (χ3v) is 7.16. The predicted octanol–water partition coefficient (Wildman–Crippen LogP) is 4.31. The molecule has 11 heteroatoms. The van der Waals surface area contributed by atoms with Gasteiger partial charge in [0.15, 0.2) is 5.82 Å². The van der Waals surface area contributed by atoms with Gasteiger partial charge in [-0.05, 0) is 30.2 Å². The molecule has 0 saturated carbocycles. The van der Waals surface area contributed by atoms with E-state index in [1.54, 1.807) is 17.8 Å². The summed E-state index contributed by atoms with van der Waals surface area (Å²) in [5, 5.41) is 16.4. The number of anilines is 3. The Kier molecular flexibility index (Phi) is 7.30. The lowest BCUT2D eigenvalue weighted by atomic mass is 10.1. The van der Waals surface area contributed by atoms with E-state index in [0.717, 1.165) is 34.2 Å². The summed E-state index contributed by atoms with van der Waals surface area (Å²) in [5.41, 5.74) is 5.51. The van der Waals surface area contributed by atoms with Gasteiger partial charge in [0.25, 0.3) is 0 Å². The standard InChI is InChI=1S/C29H32N8O3/c1-3-24-25(34-29(38)40-23-16-35(17-23)11-12-39-2)18-37-27(24)28(30-19-32-37)33-22-9-10-26-21(13-22)14-31-36(26)15-20-7-5-4-6-8-20/h4-10,13-14,18-19,23H,3,11-12,15-17H2,1-2H3,(H,34,38)(H,30,32,33). The van der Waals surface area contributed by atoms with Crippen molar-refractivity contribution in [1.29, 1.82) is 0 Å². The Morgan fingerprint density at radius 2 is 1.98 bits per heavy atom.